The van der Waals surface area contributed by atoms with Crippen LogP contribution in [-0.4, -0.2) is 18.9 Å². The molecule has 0 radical (unpaired) electrons. The van der Waals surface area contributed by atoms with E-state index < -0.39 is 9.84 Å². The molecule has 1 saturated heterocycles. The lowest BCUT2D eigenvalue weighted by molar-refractivity contribution is 0.502. The first-order valence-corrected chi connectivity index (χ1v) is 9.78. The van der Waals surface area contributed by atoms with Gasteiger partial charge in [0.25, 0.3) is 0 Å². The van der Waals surface area contributed by atoms with Gasteiger partial charge in [-0.3, -0.25) is 0 Å². The molecular weight excluding hydrogens is 268 g/mol. The van der Waals surface area contributed by atoms with Gasteiger partial charge < -0.3 is 0 Å². The molecule has 2 rings (SSSR count). The third kappa shape index (κ3) is 3.97. The smallest absolute Gasteiger partial charge is 0.159 e. The first-order valence-electron chi connectivity index (χ1n) is 8.18. The predicted molar refractivity (Wildman–Crippen MR) is 85.6 cm³/mol. The van der Waals surface area contributed by atoms with Crippen molar-refractivity contribution in [2.45, 2.75) is 81.1 Å². The Balaban J connectivity index is 1.72. The van der Waals surface area contributed by atoms with Crippen molar-refractivity contribution in [3.8, 4) is 0 Å². The summed E-state index contributed by atoms with van der Waals surface area (Å²) in [5.41, 5.74) is 1.42. The van der Waals surface area contributed by atoms with E-state index >= 15 is 0 Å². The van der Waals surface area contributed by atoms with Crippen LogP contribution in [0.15, 0.2) is 24.3 Å². The van der Waals surface area contributed by atoms with Gasteiger partial charge in [-0.2, -0.15) is 0 Å². The zero-order valence-electron chi connectivity index (χ0n) is 12.5. The highest BCUT2D eigenvalue weighted by Gasteiger charge is 2.39. The summed E-state index contributed by atoms with van der Waals surface area (Å²) in [6.45, 7) is 3.74. The summed E-state index contributed by atoms with van der Waals surface area (Å²) < 4.78 is 24.3. The Bertz CT molecular complexity index is 448. The normalized spacial score (nSPS) is 27.9. The van der Waals surface area contributed by atoms with E-state index in [1.807, 2.05) is 6.08 Å². The van der Waals surface area contributed by atoms with Crippen LogP contribution in [0.3, 0.4) is 0 Å². The molecule has 3 heteroatoms. The minimum atomic E-state index is -2.83. The van der Waals surface area contributed by atoms with Gasteiger partial charge in [-0.25, -0.2) is 8.42 Å². The summed E-state index contributed by atoms with van der Waals surface area (Å²) in [4.78, 5) is 0. The molecule has 2 bridgehead atoms. The second-order valence-electron chi connectivity index (χ2n) is 6.30. The van der Waals surface area contributed by atoms with Crippen molar-refractivity contribution >= 4 is 9.84 Å². The topological polar surface area (TPSA) is 34.1 Å². The molecule has 2 aliphatic heterocycles. The second kappa shape index (κ2) is 7.44. The van der Waals surface area contributed by atoms with Crippen molar-refractivity contribution in [3.05, 3.63) is 24.3 Å². The number of fused-ring (bicyclic) bond motifs is 2. The van der Waals surface area contributed by atoms with Gasteiger partial charge in [0.15, 0.2) is 9.84 Å². The SMILES string of the molecule is C=CCCCCCCCC1=CC2CCCC(C1)S2(=O)=O. The van der Waals surface area contributed by atoms with Crippen LogP contribution < -0.4 is 0 Å². The van der Waals surface area contributed by atoms with Crippen molar-refractivity contribution in [1.82, 2.24) is 0 Å². The largest absolute Gasteiger partial charge is 0.228 e. The zero-order valence-corrected chi connectivity index (χ0v) is 13.3. The van der Waals surface area contributed by atoms with Crippen molar-refractivity contribution in [2.24, 2.45) is 0 Å². The molecule has 20 heavy (non-hydrogen) atoms. The molecular formula is C17H28O2S. The Morgan fingerprint density at radius 3 is 2.65 bits per heavy atom. The summed E-state index contributed by atoms with van der Waals surface area (Å²) in [7, 11) is -2.83. The molecule has 2 heterocycles. The quantitative estimate of drug-likeness (QED) is 0.486. The van der Waals surface area contributed by atoms with Gasteiger partial charge in [0.05, 0.1) is 10.5 Å². The minimum Gasteiger partial charge on any atom is -0.228 e. The lowest BCUT2D eigenvalue weighted by Gasteiger charge is -2.33. The Labute approximate surface area is 124 Å². The second-order valence-corrected chi connectivity index (χ2v) is 8.75. The number of hydrogen-bond acceptors (Lipinski definition) is 2. The lowest BCUT2D eigenvalue weighted by Crippen LogP contribution is -2.38. The third-order valence-electron chi connectivity index (χ3n) is 4.72. The van der Waals surface area contributed by atoms with Crippen molar-refractivity contribution < 1.29 is 8.42 Å². The summed E-state index contributed by atoms with van der Waals surface area (Å²) in [5, 5.41) is -0.216. The number of hydrogen-bond donors (Lipinski definition) is 0. The maximum Gasteiger partial charge on any atom is 0.159 e. The fraction of sp³-hybridized carbons (Fsp3) is 0.765. The molecule has 0 spiro atoms. The highest BCUT2D eigenvalue weighted by Crippen LogP contribution is 2.37. The van der Waals surface area contributed by atoms with Crippen LogP contribution in [0.5, 0.6) is 0 Å². The number of sulfone groups is 1. The molecule has 1 fully saturated rings. The predicted octanol–water partition coefficient (Wildman–Crippen LogP) is 4.57. The molecule has 0 aliphatic carbocycles. The Hall–Kier alpha value is -0.570. The Morgan fingerprint density at radius 1 is 1.15 bits per heavy atom. The minimum absolute atomic E-state index is 0.0613. The number of rotatable bonds is 8. The molecule has 0 aromatic rings. The van der Waals surface area contributed by atoms with Crippen LogP contribution in [0.4, 0.5) is 0 Å². The maximum atomic E-state index is 12.2. The molecule has 0 aromatic heterocycles. The highest BCUT2D eigenvalue weighted by atomic mass is 32.2. The van der Waals surface area contributed by atoms with Crippen LogP contribution in [0.25, 0.3) is 0 Å². The van der Waals surface area contributed by atoms with E-state index in [0.717, 1.165) is 38.5 Å². The van der Waals surface area contributed by atoms with Gasteiger partial charge in [-0.05, 0) is 44.9 Å². The summed E-state index contributed by atoms with van der Waals surface area (Å²) in [5.74, 6) is 0. The van der Waals surface area contributed by atoms with Crippen LogP contribution in [0, 0.1) is 0 Å². The third-order valence-corrected chi connectivity index (χ3v) is 7.27. The molecule has 0 saturated carbocycles. The standard InChI is InChI=1S/C17H28O2S/c1-2-3-4-5-6-7-8-10-15-13-16-11-9-12-17(14-15)20(16,18)19/h2,13,16-17H,1,3-12,14H2. The molecule has 2 aliphatic rings. The summed E-state index contributed by atoms with van der Waals surface area (Å²) in [6.07, 6.45) is 16.3. The molecule has 0 amide bonds. The van der Waals surface area contributed by atoms with E-state index in [1.54, 1.807) is 0 Å². The molecule has 2 unspecified atom stereocenters. The Kier molecular flexibility index (Phi) is 5.88. The van der Waals surface area contributed by atoms with Gasteiger partial charge >= 0.3 is 0 Å². The summed E-state index contributed by atoms with van der Waals surface area (Å²) in [6, 6.07) is 0. The fourth-order valence-electron chi connectivity index (χ4n) is 3.50. The van der Waals surface area contributed by atoms with Gasteiger partial charge in [0.2, 0.25) is 0 Å². The van der Waals surface area contributed by atoms with Crippen molar-refractivity contribution in [1.29, 1.82) is 0 Å². The van der Waals surface area contributed by atoms with E-state index in [4.69, 9.17) is 0 Å². The lowest BCUT2D eigenvalue weighted by atomic mass is 9.94. The van der Waals surface area contributed by atoms with Gasteiger partial charge in [-0.15, -0.1) is 6.58 Å². The number of unbranched alkanes of at least 4 members (excludes halogenated alkanes) is 5. The molecule has 114 valence electrons. The zero-order chi connectivity index (χ0) is 14.4. The van der Waals surface area contributed by atoms with Crippen LogP contribution in [-0.2, 0) is 9.84 Å². The highest BCUT2D eigenvalue weighted by molar-refractivity contribution is 7.92. The first kappa shape index (κ1) is 15.8. The van der Waals surface area contributed by atoms with Gasteiger partial charge in [0, 0.05) is 0 Å². The van der Waals surface area contributed by atoms with Gasteiger partial charge in [-0.1, -0.05) is 43.4 Å². The Morgan fingerprint density at radius 2 is 1.90 bits per heavy atom. The molecule has 2 atom stereocenters. The van der Waals surface area contributed by atoms with E-state index in [1.165, 1.54) is 37.7 Å². The van der Waals surface area contributed by atoms with Crippen LogP contribution in [0.2, 0.25) is 0 Å². The number of allylic oxidation sites excluding steroid dienone is 2. The maximum absolute atomic E-state index is 12.2. The average Bonchev–Trinajstić information content (AvgIpc) is 2.38. The van der Waals surface area contributed by atoms with Crippen molar-refractivity contribution in [3.63, 3.8) is 0 Å². The van der Waals surface area contributed by atoms with Gasteiger partial charge in [0.1, 0.15) is 0 Å². The first-order chi connectivity index (χ1) is 9.64. The van der Waals surface area contributed by atoms with Crippen LogP contribution in [0.1, 0.15) is 70.6 Å². The molecule has 0 aromatic carbocycles. The monoisotopic (exact) mass is 296 g/mol. The van der Waals surface area contributed by atoms with Crippen molar-refractivity contribution in [2.75, 3.05) is 0 Å². The van der Waals surface area contributed by atoms with E-state index in [0.29, 0.717) is 0 Å². The fourth-order valence-corrected chi connectivity index (χ4v) is 5.81. The molecule has 0 N–H and O–H groups in total. The van der Waals surface area contributed by atoms with Crippen LogP contribution >= 0.6 is 0 Å². The summed E-state index contributed by atoms with van der Waals surface area (Å²) >= 11 is 0. The van der Waals surface area contributed by atoms with E-state index in [-0.39, 0.29) is 10.5 Å². The van der Waals surface area contributed by atoms with E-state index in [9.17, 15) is 8.42 Å². The average molecular weight is 296 g/mol. The molecule has 2 nitrogen and oxygen atoms in total. The van der Waals surface area contributed by atoms with E-state index in [2.05, 4.69) is 12.7 Å².